The van der Waals surface area contributed by atoms with Gasteiger partial charge in [-0.25, -0.2) is 0 Å². The van der Waals surface area contributed by atoms with Crippen LogP contribution >= 0.6 is 0 Å². The van der Waals surface area contributed by atoms with Gasteiger partial charge in [0.05, 0.1) is 26.7 Å². The van der Waals surface area contributed by atoms with E-state index in [-0.39, 0.29) is 59.1 Å². The van der Waals surface area contributed by atoms with Crippen molar-refractivity contribution in [2.45, 2.75) is 123 Å². The Balaban J connectivity index is 1.22. The Bertz CT molecular complexity index is 1190. The number of ether oxygens (including phenoxy) is 3. The Kier molecular flexibility index (Phi) is 9.94. The van der Waals surface area contributed by atoms with Crippen LogP contribution in [0.15, 0.2) is 12.7 Å². The summed E-state index contributed by atoms with van der Waals surface area (Å²) in [6.07, 6.45) is 11.3. The number of piperidine rings is 1. The van der Waals surface area contributed by atoms with Crippen LogP contribution in [0.2, 0.25) is 0 Å². The van der Waals surface area contributed by atoms with E-state index in [9.17, 15) is 14.4 Å². The maximum absolute atomic E-state index is 12.6. The molecule has 4 aliphatic carbocycles. The molecule has 6 aliphatic rings. The minimum atomic E-state index is -0.206. The van der Waals surface area contributed by atoms with Crippen molar-refractivity contribution in [3.63, 3.8) is 0 Å². The number of quaternary nitrogens is 1. The number of carbonyl (C=O) groups is 3. The molecule has 0 spiro atoms. The Morgan fingerprint density at radius 3 is 2.04 bits per heavy atom. The van der Waals surface area contributed by atoms with E-state index in [0.717, 1.165) is 88.8 Å². The summed E-state index contributed by atoms with van der Waals surface area (Å²) in [5, 5.41) is 0. The zero-order chi connectivity index (χ0) is 33.7. The molecular formula is C38H62N3O6+. The first-order valence-corrected chi connectivity index (χ1v) is 18.7. The zero-order valence-corrected chi connectivity index (χ0v) is 30.1. The third-order valence-electron chi connectivity index (χ3n) is 14.4. The SMILES string of the molecule is C=CC[N+]1(C)CCN([C@H]2C[C@H]3[C@@H]4CC[C@H]5C[C@H](OC(C)=O)[C@@H](N6CCC(OC(C)=O)CC6)C[C@]5(C)[C@H]4CC[C@]3(C)[C@H]2OC(C)=O)CC1. The van der Waals surface area contributed by atoms with Gasteiger partial charge in [-0.2, -0.15) is 0 Å². The van der Waals surface area contributed by atoms with Crippen LogP contribution in [0.4, 0.5) is 0 Å². The van der Waals surface area contributed by atoms with Crippen molar-refractivity contribution in [3.8, 4) is 0 Å². The predicted molar refractivity (Wildman–Crippen MR) is 180 cm³/mol. The third-order valence-corrected chi connectivity index (χ3v) is 14.4. The van der Waals surface area contributed by atoms with Crippen molar-refractivity contribution in [1.82, 2.24) is 9.80 Å². The topological polar surface area (TPSA) is 85.4 Å². The van der Waals surface area contributed by atoms with E-state index in [4.69, 9.17) is 14.2 Å². The Hall–Kier alpha value is -1.97. The number of rotatable bonds is 7. The van der Waals surface area contributed by atoms with Gasteiger partial charge < -0.3 is 18.7 Å². The lowest BCUT2D eigenvalue weighted by molar-refractivity contribution is -0.908. The molecule has 47 heavy (non-hydrogen) atoms. The Labute approximate surface area is 283 Å². The fourth-order valence-corrected chi connectivity index (χ4v) is 12.0. The number of nitrogens with zero attached hydrogens (tertiary/aromatic N) is 3. The molecule has 6 rings (SSSR count). The van der Waals surface area contributed by atoms with E-state index in [1.54, 1.807) is 13.8 Å². The van der Waals surface area contributed by atoms with E-state index in [1.165, 1.54) is 26.2 Å². The summed E-state index contributed by atoms with van der Waals surface area (Å²) in [5.74, 6) is 1.77. The molecule has 264 valence electrons. The number of likely N-dealkylation sites (tertiary alicyclic amines) is 1. The molecule has 4 saturated carbocycles. The molecule has 0 bridgehead atoms. The van der Waals surface area contributed by atoms with Gasteiger partial charge in [-0.3, -0.25) is 24.2 Å². The highest BCUT2D eigenvalue weighted by atomic mass is 16.6. The highest BCUT2D eigenvalue weighted by Gasteiger charge is 2.65. The summed E-state index contributed by atoms with van der Waals surface area (Å²) in [6, 6.07) is 0.466. The molecule has 10 atom stereocenters. The van der Waals surface area contributed by atoms with E-state index >= 15 is 0 Å². The highest BCUT2D eigenvalue weighted by molar-refractivity contribution is 5.67. The van der Waals surface area contributed by atoms with Gasteiger partial charge in [0.25, 0.3) is 0 Å². The van der Waals surface area contributed by atoms with Gasteiger partial charge in [-0.05, 0) is 93.0 Å². The summed E-state index contributed by atoms with van der Waals surface area (Å²) in [5.41, 5.74) is 0.160. The first kappa shape index (κ1) is 34.9. The molecule has 0 aromatic heterocycles. The lowest BCUT2D eigenvalue weighted by Crippen LogP contribution is -2.61. The number of hydrogen-bond donors (Lipinski definition) is 0. The second-order valence-electron chi connectivity index (χ2n) is 17.1. The maximum atomic E-state index is 12.6. The number of likely N-dealkylation sites (N-methyl/N-ethyl adjacent to an activating group) is 1. The van der Waals surface area contributed by atoms with Crippen LogP contribution in [-0.2, 0) is 28.6 Å². The summed E-state index contributed by atoms with van der Waals surface area (Å²) < 4.78 is 19.0. The fraction of sp³-hybridized carbons (Fsp3) is 0.868. The summed E-state index contributed by atoms with van der Waals surface area (Å²) >= 11 is 0. The van der Waals surface area contributed by atoms with Gasteiger partial charge in [-0.15, -0.1) is 0 Å². The quantitative estimate of drug-likeness (QED) is 0.167. The first-order valence-electron chi connectivity index (χ1n) is 18.7. The van der Waals surface area contributed by atoms with Crippen LogP contribution in [0.3, 0.4) is 0 Å². The van der Waals surface area contributed by atoms with E-state index < -0.39 is 0 Å². The van der Waals surface area contributed by atoms with Crippen LogP contribution in [0.25, 0.3) is 0 Å². The van der Waals surface area contributed by atoms with Gasteiger partial charge in [0.15, 0.2) is 0 Å². The van der Waals surface area contributed by atoms with Crippen molar-refractivity contribution in [1.29, 1.82) is 0 Å². The van der Waals surface area contributed by atoms with Crippen molar-refractivity contribution >= 4 is 17.9 Å². The molecule has 0 radical (unpaired) electrons. The minimum Gasteiger partial charge on any atom is -0.462 e. The zero-order valence-electron chi connectivity index (χ0n) is 30.1. The lowest BCUT2D eigenvalue weighted by atomic mass is 9.44. The second kappa shape index (κ2) is 13.4. The van der Waals surface area contributed by atoms with Crippen LogP contribution in [0.1, 0.15) is 92.4 Å². The summed E-state index contributed by atoms with van der Waals surface area (Å²) in [6.45, 7) is 20.7. The van der Waals surface area contributed by atoms with Crippen molar-refractivity contribution in [2.75, 3.05) is 52.9 Å². The van der Waals surface area contributed by atoms with E-state index in [1.807, 2.05) is 0 Å². The standard InChI is InChI=1S/C38H62N3O6/c1-8-19-41(7)20-17-40(18-21-41)33-23-32-30-10-9-28-22-35(46-26(3)43)34(39-15-12-29(13-16-39)45-25(2)42)24-38(28,6)31(30)11-14-37(32,5)36(33)47-27(4)44/h8,28-36H,1,9-24H2,2-7H3/q+1/t28-,30+,31-,32-,33-,34-,35-,36-,37-,38-/m0/s1. The number of hydrogen-bond acceptors (Lipinski definition) is 8. The molecule has 2 saturated heterocycles. The lowest BCUT2D eigenvalue weighted by Gasteiger charge is -2.62. The average molecular weight is 657 g/mol. The third kappa shape index (κ3) is 6.66. The molecule has 2 aliphatic heterocycles. The van der Waals surface area contributed by atoms with Gasteiger partial charge in [0.2, 0.25) is 0 Å². The molecule has 9 heteroatoms. The maximum Gasteiger partial charge on any atom is 0.302 e. The van der Waals surface area contributed by atoms with Crippen molar-refractivity contribution in [2.24, 2.45) is 34.5 Å². The Morgan fingerprint density at radius 2 is 1.43 bits per heavy atom. The normalized spacial score (nSPS) is 42.3. The van der Waals surface area contributed by atoms with Gasteiger partial charge in [0.1, 0.15) is 18.3 Å². The monoisotopic (exact) mass is 656 g/mol. The fourth-order valence-electron chi connectivity index (χ4n) is 12.0. The molecule has 9 nitrogen and oxygen atoms in total. The highest BCUT2D eigenvalue weighted by Crippen LogP contribution is 2.67. The molecule has 6 fully saturated rings. The summed E-state index contributed by atoms with van der Waals surface area (Å²) in [4.78, 5) is 41.8. The number of carbonyl (C=O) groups excluding carboxylic acids is 3. The first-order chi connectivity index (χ1) is 22.3. The molecular weight excluding hydrogens is 594 g/mol. The molecule has 2 heterocycles. The number of piperazine rings is 1. The minimum absolute atomic E-state index is 0.00956. The largest absolute Gasteiger partial charge is 0.462 e. The summed E-state index contributed by atoms with van der Waals surface area (Å²) in [7, 11) is 2.34. The number of fused-ring (bicyclic) bond motifs is 5. The van der Waals surface area contributed by atoms with Gasteiger partial charge in [-0.1, -0.05) is 20.4 Å². The second-order valence-corrected chi connectivity index (χ2v) is 17.1. The van der Waals surface area contributed by atoms with Crippen molar-refractivity contribution < 1.29 is 33.1 Å². The van der Waals surface area contributed by atoms with E-state index in [2.05, 4.69) is 43.3 Å². The van der Waals surface area contributed by atoms with Crippen LogP contribution in [0.5, 0.6) is 0 Å². The smallest absolute Gasteiger partial charge is 0.302 e. The molecule has 0 N–H and O–H groups in total. The predicted octanol–water partition coefficient (Wildman–Crippen LogP) is 4.83. The van der Waals surface area contributed by atoms with Gasteiger partial charge >= 0.3 is 17.9 Å². The average Bonchev–Trinajstić information content (AvgIpc) is 3.29. The van der Waals surface area contributed by atoms with E-state index in [0.29, 0.717) is 23.7 Å². The van der Waals surface area contributed by atoms with Crippen LogP contribution in [0, 0.1) is 34.5 Å². The molecule has 0 aromatic carbocycles. The molecule has 0 unspecified atom stereocenters. The van der Waals surface area contributed by atoms with Crippen LogP contribution in [-0.4, -0.2) is 115 Å². The Morgan fingerprint density at radius 1 is 0.787 bits per heavy atom. The number of esters is 3. The molecule has 0 amide bonds. The van der Waals surface area contributed by atoms with Gasteiger partial charge in [0, 0.05) is 64.4 Å². The molecule has 0 aromatic rings. The van der Waals surface area contributed by atoms with Crippen LogP contribution < -0.4 is 0 Å². The van der Waals surface area contributed by atoms with Crippen molar-refractivity contribution in [3.05, 3.63) is 12.7 Å².